The van der Waals surface area contributed by atoms with Crippen LogP contribution in [0, 0.1) is 19.7 Å². The van der Waals surface area contributed by atoms with Gasteiger partial charge in [0.15, 0.2) is 10.8 Å². The maximum Gasteiger partial charge on any atom is 0.358 e. The minimum absolute atomic E-state index is 0.136. The Bertz CT molecular complexity index is 943. The lowest BCUT2D eigenvalue weighted by Gasteiger charge is -2.05. The summed E-state index contributed by atoms with van der Waals surface area (Å²) in [6, 6.07) is 6.66. The average Bonchev–Trinajstić information content (AvgIpc) is 3.03. The Morgan fingerprint density at radius 1 is 1.27 bits per heavy atom. The van der Waals surface area contributed by atoms with Crippen LogP contribution in [-0.2, 0) is 11.3 Å². The van der Waals surface area contributed by atoms with E-state index in [9.17, 15) is 9.18 Å². The van der Waals surface area contributed by atoms with E-state index < -0.39 is 11.8 Å². The van der Waals surface area contributed by atoms with E-state index >= 15 is 0 Å². The molecule has 0 unspecified atom stereocenters. The van der Waals surface area contributed by atoms with Crippen LogP contribution in [-0.4, -0.2) is 20.9 Å². The lowest BCUT2D eigenvalue weighted by Crippen LogP contribution is -2.07. The molecule has 0 saturated heterocycles. The molecule has 0 bridgehead atoms. The molecule has 0 aliphatic rings. The van der Waals surface area contributed by atoms with Crippen molar-refractivity contribution in [1.29, 1.82) is 0 Å². The number of halogens is 2. The fraction of sp³-hybridized carbons (Fsp3) is 0.176. The van der Waals surface area contributed by atoms with Crippen molar-refractivity contribution < 1.29 is 13.9 Å². The summed E-state index contributed by atoms with van der Waals surface area (Å²) in [5.74, 6) is -0.670. The molecular formula is C17H14BrFN4O2S. The minimum atomic E-state index is -0.630. The maximum atomic E-state index is 13.9. The average molecular weight is 437 g/mol. The maximum absolute atomic E-state index is 13.9. The molecule has 3 aromatic rings. The first-order valence-corrected chi connectivity index (χ1v) is 9.24. The van der Waals surface area contributed by atoms with Gasteiger partial charge in [-0.05, 0) is 41.9 Å². The van der Waals surface area contributed by atoms with Gasteiger partial charge in [0.2, 0.25) is 5.95 Å². The molecule has 26 heavy (non-hydrogen) atoms. The summed E-state index contributed by atoms with van der Waals surface area (Å²) in [4.78, 5) is 24.8. The summed E-state index contributed by atoms with van der Waals surface area (Å²) in [7, 11) is 0. The molecule has 2 heterocycles. The van der Waals surface area contributed by atoms with Crippen LogP contribution in [0.5, 0.6) is 0 Å². The van der Waals surface area contributed by atoms with Gasteiger partial charge in [0, 0.05) is 22.3 Å². The third kappa shape index (κ3) is 4.41. The standard InChI is InChI=1S/C17H14BrFN4O2S/c1-9-6-10(2)21-16(20-9)23-17-22-13(8-26-17)15(24)25-7-11-4-3-5-12(18)14(11)19/h3-6,8H,7H2,1-2H3,(H,20,21,22,23). The number of thiazole rings is 1. The Morgan fingerprint density at radius 3 is 2.73 bits per heavy atom. The second-order valence-corrected chi connectivity index (χ2v) is 7.14. The number of hydrogen-bond acceptors (Lipinski definition) is 7. The molecule has 9 heteroatoms. The van der Waals surface area contributed by atoms with Gasteiger partial charge < -0.3 is 10.1 Å². The highest BCUT2D eigenvalue weighted by molar-refractivity contribution is 9.10. The van der Waals surface area contributed by atoms with Gasteiger partial charge in [-0.1, -0.05) is 12.1 Å². The van der Waals surface area contributed by atoms with Crippen LogP contribution < -0.4 is 5.32 Å². The normalized spacial score (nSPS) is 10.6. The number of ether oxygens (including phenoxy) is 1. The van der Waals surface area contributed by atoms with Crippen LogP contribution in [0.15, 0.2) is 34.1 Å². The van der Waals surface area contributed by atoms with Crippen LogP contribution in [0.2, 0.25) is 0 Å². The topological polar surface area (TPSA) is 77.0 Å². The van der Waals surface area contributed by atoms with Crippen molar-refractivity contribution in [3.05, 3.63) is 62.6 Å². The number of esters is 1. The predicted octanol–water partition coefficient (Wildman–Crippen LogP) is 4.55. The number of carbonyl (C=O) groups is 1. The smallest absolute Gasteiger partial charge is 0.358 e. The molecule has 134 valence electrons. The summed E-state index contributed by atoms with van der Waals surface area (Å²) in [5.41, 5.74) is 2.07. The number of nitrogens with zero attached hydrogens (tertiary/aromatic N) is 3. The molecule has 0 aliphatic heterocycles. The SMILES string of the molecule is Cc1cc(C)nc(Nc2nc(C(=O)OCc3cccc(Br)c3F)cs2)n1. The quantitative estimate of drug-likeness (QED) is 0.591. The summed E-state index contributed by atoms with van der Waals surface area (Å²) in [6.45, 7) is 3.56. The molecule has 0 aliphatic carbocycles. The highest BCUT2D eigenvalue weighted by atomic mass is 79.9. The summed E-state index contributed by atoms with van der Waals surface area (Å²) in [6.07, 6.45) is 0. The van der Waals surface area contributed by atoms with Crippen LogP contribution in [0.25, 0.3) is 0 Å². The molecule has 3 rings (SSSR count). The van der Waals surface area contributed by atoms with Crippen molar-refractivity contribution >= 4 is 44.3 Å². The van der Waals surface area contributed by atoms with Crippen molar-refractivity contribution in [2.24, 2.45) is 0 Å². The van der Waals surface area contributed by atoms with Crippen molar-refractivity contribution in [3.63, 3.8) is 0 Å². The van der Waals surface area contributed by atoms with E-state index in [1.807, 2.05) is 19.9 Å². The second-order valence-electron chi connectivity index (χ2n) is 5.43. The van der Waals surface area contributed by atoms with E-state index in [2.05, 4.69) is 36.2 Å². The summed E-state index contributed by atoms with van der Waals surface area (Å²) >= 11 is 4.32. The van der Waals surface area contributed by atoms with Gasteiger partial charge in [-0.25, -0.2) is 24.1 Å². The molecule has 0 radical (unpaired) electrons. The van der Waals surface area contributed by atoms with E-state index in [-0.39, 0.29) is 17.9 Å². The van der Waals surface area contributed by atoms with Gasteiger partial charge in [-0.15, -0.1) is 11.3 Å². The van der Waals surface area contributed by atoms with Crippen molar-refractivity contribution in [3.8, 4) is 0 Å². The van der Waals surface area contributed by atoms with E-state index in [0.29, 0.717) is 15.6 Å². The molecule has 0 spiro atoms. The van der Waals surface area contributed by atoms with Crippen LogP contribution in [0.3, 0.4) is 0 Å². The zero-order valence-electron chi connectivity index (χ0n) is 13.9. The van der Waals surface area contributed by atoms with Crippen LogP contribution in [0.1, 0.15) is 27.4 Å². The number of anilines is 2. The first kappa shape index (κ1) is 18.4. The number of nitrogens with one attached hydrogen (secondary N) is 1. The lowest BCUT2D eigenvalue weighted by atomic mass is 10.2. The number of hydrogen-bond donors (Lipinski definition) is 1. The van der Waals surface area contributed by atoms with E-state index in [4.69, 9.17) is 4.74 Å². The molecule has 1 N–H and O–H groups in total. The number of rotatable bonds is 5. The van der Waals surface area contributed by atoms with Crippen LogP contribution in [0.4, 0.5) is 15.5 Å². The molecule has 6 nitrogen and oxygen atoms in total. The number of aromatic nitrogens is 3. The summed E-state index contributed by atoms with van der Waals surface area (Å²) in [5, 5.41) is 4.99. The minimum Gasteiger partial charge on any atom is -0.456 e. The monoisotopic (exact) mass is 436 g/mol. The van der Waals surface area contributed by atoms with Gasteiger partial charge in [0.1, 0.15) is 12.4 Å². The zero-order chi connectivity index (χ0) is 18.7. The number of aryl methyl sites for hydroxylation is 2. The summed E-state index contributed by atoms with van der Waals surface area (Å²) < 4.78 is 19.3. The third-order valence-corrected chi connectivity index (χ3v) is 4.67. The number of carbonyl (C=O) groups excluding carboxylic acids is 1. The zero-order valence-corrected chi connectivity index (χ0v) is 16.3. The Kier molecular flexibility index (Phi) is 5.58. The molecule has 0 amide bonds. The first-order valence-electron chi connectivity index (χ1n) is 7.57. The van der Waals surface area contributed by atoms with Crippen LogP contribution >= 0.6 is 27.3 Å². The number of benzene rings is 1. The lowest BCUT2D eigenvalue weighted by molar-refractivity contribution is 0.0463. The Labute approximate surface area is 161 Å². The van der Waals surface area contributed by atoms with E-state index in [1.54, 1.807) is 23.6 Å². The van der Waals surface area contributed by atoms with Gasteiger partial charge in [0.25, 0.3) is 0 Å². The molecule has 0 atom stereocenters. The largest absolute Gasteiger partial charge is 0.456 e. The van der Waals surface area contributed by atoms with Gasteiger partial charge in [0.05, 0.1) is 4.47 Å². The van der Waals surface area contributed by atoms with Gasteiger partial charge >= 0.3 is 5.97 Å². The van der Waals surface area contributed by atoms with Gasteiger partial charge in [-0.3, -0.25) is 0 Å². The highest BCUT2D eigenvalue weighted by Crippen LogP contribution is 2.22. The predicted molar refractivity (Wildman–Crippen MR) is 100 cm³/mol. The Balaban J connectivity index is 1.65. The van der Waals surface area contributed by atoms with Gasteiger partial charge in [-0.2, -0.15) is 0 Å². The van der Waals surface area contributed by atoms with Crippen molar-refractivity contribution in [1.82, 2.24) is 15.0 Å². The molecule has 1 aromatic carbocycles. The first-order chi connectivity index (χ1) is 12.4. The highest BCUT2D eigenvalue weighted by Gasteiger charge is 2.15. The third-order valence-electron chi connectivity index (χ3n) is 3.30. The molecule has 2 aromatic heterocycles. The molecule has 0 fully saturated rings. The van der Waals surface area contributed by atoms with Crippen molar-refractivity contribution in [2.45, 2.75) is 20.5 Å². The second kappa shape index (κ2) is 7.88. The Hall–Kier alpha value is -2.39. The van der Waals surface area contributed by atoms with E-state index in [1.165, 1.54) is 11.3 Å². The van der Waals surface area contributed by atoms with E-state index in [0.717, 1.165) is 11.4 Å². The fourth-order valence-electron chi connectivity index (χ4n) is 2.18. The molecule has 0 saturated carbocycles. The fourth-order valence-corrected chi connectivity index (χ4v) is 3.26. The molecular weight excluding hydrogens is 423 g/mol. The van der Waals surface area contributed by atoms with Crippen molar-refractivity contribution in [2.75, 3.05) is 5.32 Å². The Morgan fingerprint density at radius 2 is 2.00 bits per heavy atom.